The number of aliphatic hydroxyl groups excluding tert-OH is 1. The summed E-state index contributed by atoms with van der Waals surface area (Å²) in [6.45, 7) is -3.54. The monoisotopic (exact) mass is 1560 g/mol. The summed E-state index contributed by atoms with van der Waals surface area (Å²) in [7, 11) is -20.2. The molecule has 5 aliphatic heterocycles. The van der Waals surface area contributed by atoms with Crippen LogP contribution in [0.5, 0.6) is 0 Å². The van der Waals surface area contributed by atoms with Gasteiger partial charge < -0.3 is 106 Å². The second-order valence-corrected chi connectivity index (χ2v) is 31.4. The molecule has 0 saturated carbocycles. The first-order chi connectivity index (χ1) is 50.4. The maximum atomic E-state index is 14.6. The van der Waals surface area contributed by atoms with Gasteiger partial charge in [0.1, 0.15) is 65.1 Å². The highest BCUT2D eigenvalue weighted by atomic mass is 31.2. The Kier molecular flexibility index (Phi) is 19.2. The fraction of sp³-hybridized carbons (Fsp3) is 0.500. The Morgan fingerprint density at radius 3 is 0.953 bits per heavy atom. The Balaban J connectivity index is 0.648. The number of ether oxygens (including phenoxy) is 5. The predicted octanol–water partition coefficient (Wildman–Crippen LogP) is -3.52. The number of imidazole rings is 5. The molecule has 5 aliphatic rings. The quantitative estimate of drug-likeness (QED) is 0.0234. The van der Waals surface area contributed by atoms with Gasteiger partial charge in [-0.15, -0.1) is 0 Å². The molecule has 15 heterocycles. The van der Waals surface area contributed by atoms with Crippen LogP contribution in [-0.4, -0.2) is 216 Å². The Hall–Kier alpha value is -8.89. The van der Waals surface area contributed by atoms with Crippen LogP contribution in [0.2, 0.25) is 0 Å². The molecule has 15 rings (SSSR count). The van der Waals surface area contributed by atoms with E-state index in [2.05, 4.69) is 95.1 Å². The Bertz CT molecular complexity index is 5210. The van der Waals surface area contributed by atoms with Gasteiger partial charge >= 0.3 is 31.0 Å². The average molecular weight is 1560 g/mol. The van der Waals surface area contributed by atoms with E-state index in [9.17, 15) is 42.9 Å². The van der Waals surface area contributed by atoms with Crippen LogP contribution in [0.3, 0.4) is 0 Å². The van der Waals surface area contributed by atoms with Gasteiger partial charge in [0.25, 0.3) is 0 Å². The highest BCUT2D eigenvalue weighted by molar-refractivity contribution is 7.51. The summed E-state index contributed by atoms with van der Waals surface area (Å²) in [6, 6.07) is -5.65. The van der Waals surface area contributed by atoms with Crippen LogP contribution in [0.1, 0.15) is 63.2 Å². The standard InChI is InChI=1S/C50H70N34O18P4/c51-17-1-27(81-13-64-33-38(53)68-47(57)72-43(33)81)99-23(17)7-94-104(88,89)77-19-3-29(82-14-65-34-39(54)69-48(58)73-44(34)82)101-25(19)9-96-106(92,93)79-21-5-31(84-16-67-36-41(56)71-50(60)75-46(36)84)102-26(21)10-97-105(90,91)78-20-4-30(83-15-66-35-40(55)70-49(59)74-45(35)83)100-24(20)8-95-103(86,87)76-18-2-28(98-22(18)6-85)80-12-63-32-37(52)61-11-62-42(32)80/h11-31,85H,1-10,51H2,(H2,52,61,62)(H2,76,86,87)(H2,77,88,89)(H2,78,90,91)(H2,79,92,93)(H4,53,57,68,72)(H4,54,58,69,73)(H4,55,59,70,74)(H4,56,60,71,75)/t17-,18-,19-,20-,21-,22+,23+,24+,25+,26+,27+,28+,29+,30+,31+/m0/s1. The number of aliphatic hydroxyl groups is 1. The van der Waals surface area contributed by atoms with Gasteiger partial charge in [-0.2, -0.15) is 39.9 Å². The maximum Gasteiger partial charge on any atom is 0.403 e. The number of rotatable bonds is 26. The van der Waals surface area contributed by atoms with E-state index in [4.69, 9.17) is 99.1 Å². The first kappa shape index (κ1) is 72.7. The van der Waals surface area contributed by atoms with E-state index in [1.54, 1.807) is 0 Å². The van der Waals surface area contributed by atoms with Gasteiger partial charge in [0.15, 0.2) is 57.3 Å². The minimum atomic E-state index is -5.17. The van der Waals surface area contributed by atoms with Gasteiger partial charge in [0.05, 0.1) is 119 Å². The van der Waals surface area contributed by atoms with E-state index in [-0.39, 0.29) is 135 Å². The molecule has 56 heteroatoms. The van der Waals surface area contributed by atoms with Crippen molar-refractivity contribution >= 4 is 140 Å². The summed E-state index contributed by atoms with van der Waals surface area (Å²) >= 11 is 0. The SMILES string of the molecule is Nc1nc(N)c2ncn([C@H]3C[C@H](NP(=O)(O)OC[C@H]4O[C@@H](n5cnc6c(N)nc(N)nc65)C[C@@H]4NP(=O)(O)OC[C@H]4O[C@@H](n5cnc6c(N)nc(N)nc65)C[C@@H]4NP(=O)(O)OC[C@H]4O[C@@H](n5cnc6c(N)nc(N)nc65)C[C@@H]4N)[C@@H](COP(=O)(O)N[C@H]4C[C@H](n5cnc6c(N)ncnc65)O[C@@H]4CO)O3)c2n1. The molecule has 10 aromatic heterocycles. The zero-order valence-electron chi connectivity index (χ0n) is 54.7. The number of aromatic nitrogens is 20. The van der Waals surface area contributed by atoms with E-state index in [0.717, 1.165) is 0 Å². The molecule has 0 bridgehead atoms. The van der Waals surface area contributed by atoms with Gasteiger partial charge in [-0.05, 0) is 0 Å². The third-order valence-corrected chi connectivity index (χ3v) is 22.8. The van der Waals surface area contributed by atoms with E-state index in [1.165, 1.54) is 60.8 Å². The lowest BCUT2D eigenvalue weighted by molar-refractivity contribution is -0.0276. The Labute approximate surface area is 592 Å². The predicted molar refractivity (Wildman–Crippen MR) is 365 cm³/mol. The molecule has 0 aliphatic carbocycles. The molecule has 19 atom stereocenters. The van der Waals surface area contributed by atoms with Crippen LogP contribution >= 0.6 is 31.0 Å². The highest BCUT2D eigenvalue weighted by Gasteiger charge is 2.49. The van der Waals surface area contributed by atoms with Crippen LogP contribution in [0.4, 0.5) is 52.9 Å². The fourth-order valence-electron chi connectivity index (χ4n) is 13.3. The second kappa shape index (κ2) is 28.0. The topological polar surface area (TPSA) is 779 Å². The molecule has 0 aromatic carbocycles. The average Bonchev–Trinajstić information content (AvgIpc) is 1.67. The van der Waals surface area contributed by atoms with Gasteiger partial charge in [-0.25, -0.2) is 73.5 Å². The molecule has 5 saturated heterocycles. The van der Waals surface area contributed by atoms with E-state index in [1.807, 2.05) is 0 Å². The number of fused-ring (bicyclic) bond motifs is 5. The maximum absolute atomic E-state index is 14.6. The summed E-state index contributed by atoms with van der Waals surface area (Å²) < 4.78 is 119. The molecule has 106 heavy (non-hydrogen) atoms. The molecule has 568 valence electrons. The largest absolute Gasteiger partial charge is 0.403 e. The van der Waals surface area contributed by atoms with Crippen LogP contribution in [0.25, 0.3) is 55.8 Å². The summed E-state index contributed by atoms with van der Waals surface area (Å²) in [5, 5.41) is 20.6. The van der Waals surface area contributed by atoms with E-state index >= 15 is 0 Å². The number of anilines is 9. The molecule has 29 N–H and O–H groups in total. The van der Waals surface area contributed by atoms with Crippen molar-refractivity contribution in [3.05, 3.63) is 38.0 Å². The number of hydrogen-bond donors (Lipinski definition) is 19. The number of nitrogens with one attached hydrogen (secondary N) is 4. The van der Waals surface area contributed by atoms with Crippen molar-refractivity contribution < 1.29 is 84.7 Å². The second-order valence-electron chi connectivity index (χ2n) is 25.1. The molecule has 5 fully saturated rings. The van der Waals surface area contributed by atoms with Gasteiger partial charge in [-0.1, -0.05) is 0 Å². The third kappa shape index (κ3) is 14.6. The molecule has 4 unspecified atom stereocenters. The van der Waals surface area contributed by atoms with Crippen LogP contribution in [-0.2, 0) is 60.0 Å². The third-order valence-electron chi connectivity index (χ3n) is 18.2. The molecule has 0 amide bonds. The molecule has 0 radical (unpaired) electrons. The van der Waals surface area contributed by atoms with Crippen molar-refractivity contribution in [2.24, 2.45) is 5.73 Å². The molecule has 52 nitrogen and oxygen atoms in total. The summed E-state index contributed by atoms with van der Waals surface area (Å²) in [5.74, 6) is -0.932. The lowest BCUT2D eigenvalue weighted by atomic mass is 10.1. The molecule has 10 aromatic rings. The number of nitrogens with zero attached hydrogens (tertiary/aromatic N) is 20. The minimum Gasteiger partial charge on any atom is -0.394 e. The van der Waals surface area contributed by atoms with Crippen molar-refractivity contribution in [2.75, 3.05) is 84.6 Å². The van der Waals surface area contributed by atoms with Gasteiger partial charge in [0, 0.05) is 38.1 Å². The van der Waals surface area contributed by atoms with Crippen molar-refractivity contribution in [1.29, 1.82) is 0 Å². The summed E-state index contributed by atoms with van der Waals surface area (Å²) in [6.07, 6.45) is -3.87. The minimum absolute atomic E-state index is 0.0121. The smallest absolute Gasteiger partial charge is 0.394 e. The van der Waals surface area contributed by atoms with Crippen molar-refractivity contribution in [3.8, 4) is 0 Å². The highest BCUT2D eigenvalue weighted by Crippen LogP contribution is 2.50. The van der Waals surface area contributed by atoms with Gasteiger partial charge in [0.2, 0.25) is 23.8 Å². The number of nitrogens with two attached hydrogens (primary N) is 10. The van der Waals surface area contributed by atoms with E-state index < -0.39 is 156 Å². The first-order valence-electron chi connectivity index (χ1n) is 32.0. The fourth-order valence-corrected chi connectivity index (χ4v) is 17.8. The molecular weight excluding hydrogens is 1490 g/mol. The lowest BCUT2D eigenvalue weighted by Crippen LogP contribution is -2.41. The van der Waals surface area contributed by atoms with Crippen molar-refractivity contribution in [1.82, 2.24) is 118 Å². The van der Waals surface area contributed by atoms with Crippen LogP contribution in [0, 0.1) is 0 Å². The van der Waals surface area contributed by atoms with Crippen molar-refractivity contribution in [2.45, 2.75) is 124 Å². The lowest BCUT2D eigenvalue weighted by Gasteiger charge is -2.27. The van der Waals surface area contributed by atoms with E-state index in [0.29, 0.717) is 5.65 Å². The Morgan fingerprint density at radius 2 is 0.632 bits per heavy atom. The Morgan fingerprint density at radius 1 is 0.368 bits per heavy atom. The zero-order chi connectivity index (χ0) is 74.6. The zero-order valence-corrected chi connectivity index (χ0v) is 58.3. The van der Waals surface area contributed by atoms with Crippen LogP contribution in [0.15, 0.2) is 38.0 Å². The van der Waals surface area contributed by atoms with Crippen molar-refractivity contribution in [3.63, 3.8) is 0 Å². The number of hydrogen-bond acceptors (Lipinski definition) is 39. The van der Waals surface area contributed by atoms with Crippen LogP contribution < -0.4 is 77.7 Å². The summed E-state index contributed by atoms with van der Waals surface area (Å²) in [4.78, 5) is 109. The molecular formula is C50H70N34O18P4. The molecule has 0 spiro atoms. The summed E-state index contributed by atoms with van der Waals surface area (Å²) in [5.41, 5.74) is 62.3. The first-order valence-corrected chi connectivity index (χ1v) is 38.3. The normalized spacial score (nSPS) is 28.7. The number of nitrogen functional groups attached to an aromatic ring is 9. The van der Waals surface area contributed by atoms with Gasteiger partial charge in [-0.3, -0.25) is 40.9 Å².